The van der Waals surface area contributed by atoms with Crippen molar-refractivity contribution < 1.29 is 22.8 Å². The minimum absolute atomic E-state index is 0. The predicted octanol–water partition coefficient (Wildman–Crippen LogP) is 4.92. The van der Waals surface area contributed by atoms with Crippen LogP contribution in [0, 0.1) is 0 Å². The summed E-state index contributed by atoms with van der Waals surface area (Å²) < 4.78 is 37.8. The lowest BCUT2D eigenvalue weighted by atomic mass is 10.1. The Balaban J connectivity index is 0.00000544. The topological polar surface area (TPSA) is 73.5 Å². The number of nitrogens with zero attached hydrogens (tertiary/aromatic N) is 1. The van der Waals surface area contributed by atoms with Crippen LogP contribution >= 0.6 is 24.6 Å². The first kappa shape index (κ1) is 28.3. The number of carbonyl (C=O) groups excluding carboxylic acids is 2. The first-order valence-electron chi connectivity index (χ1n) is 9.89. The van der Waals surface area contributed by atoms with Crippen LogP contribution in [-0.2, 0) is 11.0 Å². The minimum Gasteiger partial charge on any atom is -0.332 e. The fourth-order valence-electron chi connectivity index (χ4n) is 2.72. The minimum atomic E-state index is -4.47. The molecule has 2 aromatic rings. The van der Waals surface area contributed by atoms with Crippen molar-refractivity contribution >= 4 is 52.9 Å². The van der Waals surface area contributed by atoms with Crippen LogP contribution < -0.4 is 16.0 Å². The molecule has 3 N–H and O–H groups in total. The van der Waals surface area contributed by atoms with Crippen molar-refractivity contribution in [3.63, 3.8) is 0 Å². The lowest BCUT2D eigenvalue weighted by Gasteiger charge is -2.12. The summed E-state index contributed by atoms with van der Waals surface area (Å²) >= 11 is 5.08. The fraction of sp³-hybridized carbons (Fsp3) is 0.318. The monoisotopic (exact) mass is 502 g/mol. The quantitative estimate of drug-likeness (QED) is 0.353. The number of amides is 2. The van der Waals surface area contributed by atoms with E-state index in [-0.39, 0.29) is 29.0 Å². The van der Waals surface area contributed by atoms with Crippen molar-refractivity contribution in [1.82, 2.24) is 10.2 Å². The second-order valence-corrected chi connectivity index (χ2v) is 7.78. The molecule has 0 aliphatic heterocycles. The Morgan fingerprint density at radius 2 is 1.45 bits per heavy atom. The maximum Gasteiger partial charge on any atom is 0.416 e. The van der Waals surface area contributed by atoms with E-state index in [1.807, 2.05) is 14.1 Å². The molecule has 0 aliphatic rings. The number of unbranched alkanes of at least 4 members (excludes halogenated alkanes) is 1. The van der Waals surface area contributed by atoms with E-state index in [9.17, 15) is 22.8 Å². The number of carbonyl (C=O) groups is 2. The van der Waals surface area contributed by atoms with Gasteiger partial charge in [0.15, 0.2) is 5.11 Å². The zero-order valence-electron chi connectivity index (χ0n) is 18.2. The molecule has 0 aromatic heterocycles. The van der Waals surface area contributed by atoms with Crippen LogP contribution in [0.15, 0.2) is 48.5 Å². The van der Waals surface area contributed by atoms with Crippen molar-refractivity contribution in [3.8, 4) is 0 Å². The molecule has 2 rings (SSSR count). The van der Waals surface area contributed by atoms with E-state index >= 15 is 0 Å². The summed E-state index contributed by atoms with van der Waals surface area (Å²) in [6.45, 7) is 0.933. The van der Waals surface area contributed by atoms with E-state index in [1.165, 1.54) is 0 Å². The van der Waals surface area contributed by atoms with Crippen LogP contribution in [0.5, 0.6) is 0 Å². The zero-order chi connectivity index (χ0) is 23.7. The number of alkyl halides is 3. The number of thiocarbonyl (C=S) groups is 1. The van der Waals surface area contributed by atoms with Gasteiger partial charge in [-0.15, -0.1) is 12.4 Å². The maximum absolute atomic E-state index is 12.6. The van der Waals surface area contributed by atoms with Crippen molar-refractivity contribution in [1.29, 1.82) is 0 Å². The van der Waals surface area contributed by atoms with E-state index in [4.69, 9.17) is 12.2 Å². The van der Waals surface area contributed by atoms with Crippen molar-refractivity contribution in [2.45, 2.75) is 25.4 Å². The van der Waals surface area contributed by atoms with Crippen molar-refractivity contribution in [3.05, 3.63) is 59.7 Å². The predicted molar refractivity (Wildman–Crippen MR) is 130 cm³/mol. The normalized spacial score (nSPS) is 10.8. The number of hydrogen-bond acceptors (Lipinski definition) is 4. The van der Waals surface area contributed by atoms with Gasteiger partial charge in [-0.05, 0) is 94.2 Å². The number of halogens is 4. The molecule has 33 heavy (non-hydrogen) atoms. The third kappa shape index (κ3) is 10.2. The smallest absolute Gasteiger partial charge is 0.332 e. The third-order valence-corrected chi connectivity index (χ3v) is 4.59. The average molecular weight is 503 g/mol. The Morgan fingerprint density at radius 3 is 1.97 bits per heavy atom. The van der Waals surface area contributed by atoms with Gasteiger partial charge in [0, 0.05) is 23.4 Å². The number of benzene rings is 2. The second-order valence-electron chi connectivity index (χ2n) is 7.37. The molecule has 0 spiro atoms. The Kier molecular flexibility index (Phi) is 11.3. The average Bonchev–Trinajstić information content (AvgIpc) is 2.72. The van der Waals surface area contributed by atoms with E-state index in [2.05, 4.69) is 20.9 Å². The zero-order valence-corrected chi connectivity index (χ0v) is 19.8. The highest BCUT2D eigenvalue weighted by molar-refractivity contribution is 7.80. The molecule has 0 bridgehead atoms. The molecular formula is C22H26ClF3N4O2S. The molecule has 0 aliphatic carbocycles. The summed E-state index contributed by atoms with van der Waals surface area (Å²) in [5.41, 5.74) is 0.417. The number of rotatable bonds is 8. The van der Waals surface area contributed by atoms with Gasteiger partial charge < -0.3 is 15.5 Å². The van der Waals surface area contributed by atoms with Gasteiger partial charge >= 0.3 is 6.18 Å². The molecule has 0 radical (unpaired) electrons. The highest BCUT2D eigenvalue weighted by atomic mass is 35.5. The molecule has 2 aromatic carbocycles. The molecule has 0 unspecified atom stereocenters. The maximum atomic E-state index is 12.6. The van der Waals surface area contributed by atoms with Crippen LogP contribution in [0.25, 0.3) is 0 Å². The molecular weight excluding hydrogens is 477 g/mol. The summed E-state index contributed by atoms with van der Waals surface area (Å²) in [4.78, 5) is 26.2. The first-order valence-corrected chi connectivity index (χ1v) is 10.3. The third-order valence-electron chi connectivity index (χ3n) is 4.39. The van der Waals surface area contributed by atoms with Crippen LogP contribution in [-0.4, -0.2) is 42.5 Å². The van der Waals surface area contributed by atoms with Gasteiger partial charge in [-0.1, -0.05) is 0 Å². The Hall–Kier alpha value is -2.69. The van der Waals surface area contributed by atoms with Gasteiger partial charge in [0.2, 0.25) is 5.91 Å². The lowest BCUT2D eigenvalue weighted by Crippen LogP contribution is -2.34. The number of hydrogen-bond donors (Lipinski definition) is 3. The molecule has 180 valence electrons. The summed E-state index contributed by atoms with van der Waals surface area (Å²) in [6, 6.07) is 10.6. The second kappa shape index (κ2) is 13.1. The molecule has 11 heteroatoms. The van der Waals surface area contributed by atoms with Crippen molar-refractivity contribution in [2.24, 2.45) is 0 Å². The van der Waals surface area contributed by atoms with Gasteiger partial charge in [-0.2, -0.15) is 13.2 Å². The van der Waals surface area contributed by atoms with Gasteiger partial charge in [-0.3, -0.25) is 14.9 Å². The van der Waals surface area contributed by atoms with Gasteiger partial charge in [-0.25, -0.2) is 0 Å². The van der Waals surface area contributed by atoms with E-state index in [1.54, 1.807) is 24.3 Å². The van der Waals surface area contributed by atoms with Gasteiger partial charge in [0.05, 0.1) is 5.56 Å². The summed E-state index contributed by atoms with van der Waals surface area (Å²) in [6.07, 6.45) is -2.28. The molecule has 0 fully saturated rings. The van der Waals surface area contributed by atoms with E-state index in [0.717, 1.165) is 43.7 Å². The van der Waals surface area contributed by atoms with Crippen LogP contribution in [0.3, 0.4) is 0 Å². The van der Waals surface area contributed by atoms with Crippen LogP contribution in [0.4, 0.5) is 24.5 Å². The van der Waals surface area contributed by atoms with Crippen LogP contribution in [0.2, 0.25) is 0 Å². The number of anilines is 2. The summed E-state index contributed by atoms with van der Waals surface area (Å²) in [7, 11) is 3.98. The highest BCUT2D eigenvalue weighted by Crippen LogP contribution is 2.29. The molecule has 0 atom stereocenters. The van der Waals surface area contributed by atoms with E-state index in [0.29, 0.717) is 17.8 Å². The molecule has 6 nitrogen and oxygen atoms in total. The largest absolute Gasteiger partial charge is 0.416 e. The molecule has 0 heterocycles. The van der Waals surface area contributed by atoms with Crippen LogP contribution in [0.1, 0.15) is 35.2 Å². The highest BCUT2D eigenvalue weighted by Gasteiger charge is 2.30. The lowest BCUT2D eigenvalue weighted by molar-refractivity contribution is -0.137. The molecule has 0 saturated heterocycles. The first-order chi connectivity index (χ1) is 15.0. The summed E-state index contributed by atoms with van der Waals surface area (Å²) in [5.74, 6) is -0.696. The summed E-state index contributed by atoms with van der Waals surface area (Å²) in [5, 5.41) is 8.04. The SMILES string of the molecule is CN(C)CCCCC(=O)Nc1ccc(NC(=S)NC(=O)c2ccc(C(F)(F)F)cc2)cc1.Cl. The molecule has 2 amide bonds. The fourth-order valence-corrected chi connectivity index (χ4v) is 2.93. The number of nitrogens with one attached hydrogen (secondary N) is 3. The van der Waals surface area contributed by atoms with E-state index < -0.39 is 17.6 Å². The molecule has 0 saturated carbocycles. The standard InChI is InChI=1S/C22H25F3N4O2S.ClH/c1-29(2)14-4-3-5-19(30)26-17-10-12-18(13-11-17)27-21(32)28-20(31)15-6-8-16(9-7-15)22(23,24)25;/h6-13H,3-5,14H2,1-2H3,(H,26,30)(H2,27,28,31,32);1H. The van der Waals surface area contributed by atoms with Gasteiger partial charge in [0.25, 0.3) is 5.91 Å². The Bertz CT molecular complexity index is 936. The Morgan fingerprint density at radius 1 is 0.909 bits per heavy atom. The van der Waals surface area contributed by atoms with Gasteiger partial charge in [0.1, 0.15) is 0 Å². The van der Waals surface area contributed by atoms with Crippen molar-refractivity contribution in [2.75, 3.05) is 31.3 Å². The Labute approximate surface area is 202 Å².